The number of benzene rings is 2. The lowest BCUT2D eigenvalue weighted by molar-refractivity contribution is 0.405. The highest BCUT2D eigenvalue weighted by molar-refractivity contribution is 6.31. The summed E-state index contributed by atoms with van der Waals surface area (Å²) in [6, 6.07) is 9.67. The first-order chi connectivity index (χ1) is 9.18. The fourth-order valence-corrected chi connectivity index (χ4v) is 2.61. The molecule has 1 aliphatic rings. The lowest BCUT2D eigenvalue weighted by atomic mass is 9.99. The first kappa shape index (κ1) is 12.2. The van der Waals surface area contributed by atoms with Gasteiger partial charge in [-0.1, -0.05) is 17.7 Å². The van der Waals surface area contributed by atoms with E-state index < -0.39 is 5.54 Å². The molecule has 0 N–H and O–H groups in total. The molecule has 19 heavy (non-hydrogen) atoms. The number of ether oxygens (including phenoxy) is 1. The minimum atomic E-state index is -0.441. The summed E-state index contributed by atoms with van der Waals surface area (Å²) < 4.78 is 5.43. The molecule has 0 aliphatic heterocycles. The Morgan fingerprint density at radius 2 is 2.05 bits per heavy atom. The Balaban J connectivity index is 2.25. The molecule has 1 aliphatic carbocycles. The first-order valence-electron chi connectivity index (χ1n) is 6.05. The Bertz CT molecular complexity index is 701. The van der Waals surface area contributed by atoms with Gasteiger partial charge >= 0.3 is 0 Å². The van der Waals surface area contributed by atoms with Crippen LogP contribution in [0.15, 0.2) is 35.3 Å². The van der Waals surface area contributed by atoms with Crippen LogP contribution in [-0.2, 0) is 10.3 Å². The van der Waals surface area contributed by atoms with E-state index in [0.29, 0.717) is 5.02 Å². The number of isocyanates is 1. The van der Waals surface area contributed by atoms with Gasteiger partial charge in [0.2, 0.25) is 6.08 Å². The molecule has 0 aromatic heterocycles. The molecule has 0 bridgehead atoms. The maximum Gasteiger partial charge on any atom is 0.235 e. The van der Waals surface area contributed by atoms with Gasteiger partial charge in [0.15, 0.2) is 0 Å². The summed E-state index contributed by atoms with van der Waals surface area (Å²) in [5.41, 5.74) is 0.497. The molecule has 2 aromatic rings. The Labute approximate surface area is 115 Å². The number of halogens is 1. The molecule has 3 rings (SSSR count). The zero-order chi connectivity index (χ0) is 13.5. The number of carbonyl (C=O) groups excluding carboxylic acids is 1. The molecule has 0 heterocycles. The van der Waals surface area contributed by atoms with Crippen molar-refractivity contribution in [2.24, 2.45) is 4.99 Å². The summed E-state index contributed by atoms with van der Waals surface area (Å²) in [6.07, 6.45) is 3.38. The van der Waals surface area contributed by atoms with E-state index in [0.717, 1.165) is 34.9 Å². The Hall–Kier alpha value is -1.83. The standard InChI is InChI=1S/C15H12ClNO2/c1-19-14-8-10-2-3-12(16)6-11(10)7-13(14)15(4-5-15)17-9-18/h2-3,6-8H,4-5H2,1H3. The van der Waals surface area contributed by atoms with Crippen molar-refractivity contribution in [2.45, 2.75) is 18.4 Å². The fourth-order valence-electron chi connectivity index (χ4n) is 2.43. The number of fused-ring (bicyclic) bond motifs is 1. The van der Waals surface area contributed by atoms with Crippen molar-refractivity contribution in [3.05, 3.63) is 40.9 Å². The van der Waals surface area contributed by atoms with Crippen molar-refractivity contribution < 1.29 is 9.53 Å². The zero-order valence-corrected chi connectivity index (χ0v) is 11.2. The summed E-state index contributed by atoms with van der Waals surface area (Å²) in [5, 5.41) is 2.76. The van der Waals surface area contributed by atoms with Crippen LogP contribution < -0.4 is 4.74 Å². The smallest absolute Gasteiger partial charge is 0.235 e. The third-order valence-corrected chi connectivity index (χ3v) is 3.84. The van der Waals surface area contributed by atoms with Gasteiger partial charge in [0.25, 0.3) is 0 Å². The molecule has 0 radical (unpaired) electrons. The van der Waals surface area contributed by atoms with E-state index in [-0.39, 0.29) is 0 Å². The molecule has 0 unspecified atom stereocenters. The van der Waals surface area contributed by atoms with Crippen LogP contribution in [0.4, 0.5) is 0 Å². The summed E-state index contributed by atoms with van der Waals surface area (Å²) in [6.45, 7) is 0. The summed E-state index contributed by atoms with van der Waals surface area (Å²) in [4.78, 5) is 14.6. The quantitative estimate of drug-likeness (QED) is 0.630. The van der Waals surface area contributed by atoms with E-state index in [1.165, 1.54) is 0 Å². The van der Waals surface area contributed by atoms with E-state index in [9.17, 15) is 4.79 Å². The maximum atomic E-state index is 10.6. The predicted molar refractivity (Wildman–Crippen MR) is 74.5 cm³/mol. The highest BCUT2D eigenvalue weighted by Gasteiger charge is 2.46. The monoisotopic (exact) mass is 273 g/mol. The molecule has 0 amide bonds. The highest BCUT2D eigenvalue weighted by Crippen LogP contribution is 2.53. The van der Waals surface area contributed by atoms with Gasteiger partial charge in [0.1, 0.15) is 11.3 Å². The van der Waals surface area contributed by atoms with Crippen molar-refractivity contribution in [1.82, 2.24) is 0 Å². The van der Waals surface area contributed by atoms with E-state index in [4.69, 9.17) is 16.3 Å². The first-order valence-corrected chi connectivity index (χ1v) is 6.43. The molecule has 0 spiro atoms. The second-order valence-corrected chi connectivity index (χ2v) is 5.22. The number of hydrogen-bond donors (Lipinski definition) is 0. The second kappa shape index (κ2) is 4.37. The van der Waals surface area contributed by atoms with Crippen LogP contribution in [0, 0.1) is 0 Å². The molecule has 96 valence electrons. The van der Waals surface area contributed by atoms with Crippen molar-refractivity contribution >= 4 is 28.5 Å². The average molecular weight is 274 g/mol. The molecular weight excluding hydrogens is 262 g/mol. The van der Waals surface area contributed by atoms with E-state index in [2.05, 4.69) is 4.99 Å². The number of aliphatic imine (C=N–C) groups is 1. The van der Waals surface area contributed by atoms with E-state index in [1.807, 2.05) is 30.3 Å². The van der Waals surface area contributed by atoms with Crippen molar-refractivity contribution in [3.8, 4) is 5.75 Å². The Kier molecular flexibility index (Phi) is 2.81. The summed E-state index contributed by atoms with van der Waals surface area (Å²) in [7, 11) is 1.63. The van der Waals surface area contributed by atoms with Gasteiger partial charge in [-0.15, -0.1) is 0 Å². The number of nitrogens with zero attached hydrogens (tertiary/aromatic N) is 1. The summed E-state index contributed by atoms with van der Waals surface area (Å²) >= 11 is 6.02. The lowest BCUT2D eigenvalue weighted by Crippen LogP contribution is -2.05. The summed E-state index contributed by atoms with van der Waals surface area (Å²) in [5.74, 6) is 0.756. The van der Waals surface area contributed by atoms with Crippen molar-refractivity contribution in [1.29, 1.82) is 0 Å². The topological polar surface area (TPSA) is 38.7 Å². The molecule has 2 aromatic carbocycles. The average Bonchev–Trinajstić information content (AvgIpc) is 3.18. The third kappa shape index (κ3) is 2.01. The van der Waals surface area contributed by atoms with Crippen LogP contribution in [0.1, 0.15) is 18.4 Å². The normalized spacial score (nSPS) is 15.9. The Morgan fingerprint density at radius 1 is 1.26 bits per heavy atom. The van der Waals surface area contributed by atoms with Crippen LogP contribution in [0.2, 0.25) is 5.02 Å². The van der Waals surface area contributed by atoms with Crippen molar-refractivity contribution in [2.75, 3.05) is 7.11 Å². The van der Waals surface area contributed by atoms with Gasteiger partial charge < -0.3 is 4.74 Å². The SMILES string of the molecule is COc1cc2ccc(Cl)cc2cc1C1(N=C=O)CC1. The van der Waals surface area contributed by atoms with Gasteiger partial charge in [-0.05, 0) is 47.9 Å². The number of rotatable bonds is 3. The van der Waals surface area contributed by atoms with Gasteiger partial charge in [0, 0.05) is 10.6 Å². The molecular formula is C15H12ClNO2. The van der Waals surface area contributed by atoms with Gasteiger partial charge in [-0.2, -0.15) is 4.99 Å². The van der Waals surface area contributed by atoms with Gasteiger partial charge in [-0.3, -0.25) is 0 Å². The van der Waals surface area contributed by atoms with E-state index in [1.54, 1.807) is 13.2 Å². The Morgan fingerprint density at radius 3 is 2.68 bits per heavy atom. The third-order valence-electron chi connectivity index (χ3n) is 3.61. The van der Waals surface area contributed by atoms with Crippen molar-refractivity contribution in [3.63, 3.8) is 0 Å². The largest absolute Gasteiger partial charge is 0.496 e. The fraction of sp³-hybridized carbons (Fsp3) is 0.267. The molecule has 3 nitrogen and oxygen atoms in total. The van der Waals surface area contributed by atoms with Crippen LogP contribution in [0.3, 0.4) is 0 Å². The minimum Gasteiger partial charge on any atom is -0.496 e. The minimum absolute atomic E-state index is 0.441. The van der Waals surface area contributed by atoms with Crippen LogP contribution in [-0.4, -0.2) is 13.2 Å². The van der Waals surface area contributed by atoms with Gasteiger partial charge in [0.05, 0.1) is 7.11 Å². The maximum absolute atomic E-state index is 10.6. The molecule has 1 saturated carbocycles. The lowest BCUT2D eigenvalue weighted by Gasteiger charge is -2.15. The number of methoxy groups -OCH3 is 1. The van der Waals surface area contributed by atoms with Gasteiger partial charge in [-0.25, -0.2) is 4.79 Å². The molecule has 0 saturated heterocycles. The van der Waals surface area contributed by atoms with E-state index >= 15 is 0 Å². The molecule has 1 fully saturated rings. The molecule has 4 heteroatoms. The zero-order valence-electron chi connectivity index (χ0n) is 10.4. The van der Waals surface area contributed by atoms with Crippen LogP contribution in [0.5, 0.6) is 5.75 Å². The number of hydrogen-bond acceptors (Lipinski definition) is 3. The van der Waals surface area contributed by atoms with Crippen LogP contribution in [0.25, 0.3) is 10.8 Å². The second-order valence-electron chi connectivity index (χ2n) is 4.78. The van der Waals surface area contributed by atoms with Crippen LogP contribution >= 0.6 is 11.6 Å². The highest BCUT2D eigenvalue weighted by atomic mass is 35.5. The predicted octanol–water partition coefficient (Wildman–Crippen LogP) is 3.83. The molecule has 0 atom stereocenters.